The largest absolute Gasteiger partial charge is 0.463 e. The quantitative estimate of drug-likeness (QED) is 0.486. The van der Waals surface area contributed by atoms with E-state index in [-0.39, 0.29) is 5.76 Å². The minimum Gasteiger partial charge on any atom is -0.463 e. The molecule has 0 aliphatic heterocycles. The number of para-hydroxylation sites is 1. The first-order valence-corrected chi connectivity index (χ1v) is 6.35. The van der Waals surface area contributed by atoms with Gasteiger partial charge in [-0.2, -0.15) is 0 Å². The summed E-state index contributed by atoms with van der Waals surface area (Å²) in [7, 11) is 1.31. The molecular formula is C16H13ClO3. The SMILES string of the molecule is COC(=O)/C(=C/c1ccc(Cl)cc1)Oc1ccccc1. The standard InChI is InChI=1S/C16H13ClO3/c1-19-16(18)15(20-14-5-3-2-4-6-14)11-12-7-9-13(17)10-8-12/h2-11H,1H3/b15-11-. The molecule has 0 aliphatic carbocycles. The summed E-state index contributed by atoms with van der Waals surface area (Å²) in [5, 5.41) is 0.630. The summed E-state index contributed by atoms with van der Waals surface area (Å²) in [4.78, 5) is 11.7. The van der Waals surface area contributed by atoms with Crippen LogP contribution >= 0.6 is 11.6 Å². The van der Waals surface area contributed by atoms with Crippen molar-refractivity contribution >= 4 is 23.6 Å². The van der Waals surface area contributed by atoms with Gasteiger partial charge in [0.15, 0.2) is 0 Å². The van der Waals surface area contributed by atoms with Crippen LogP contribution in [0.5, 0.6) is 5.75 Å². The maximum absolute atomic E-state index is 11.7. The molecule has 0 fully saturated rings. The molecule has 0 radical (unpaired) electrons. The number of halogens is 1. The average Bonchev–Trinajstić information content (AvgIpc) is 2.49. The highest BCUT2D eigenvalue weighted by atomic mass is 35.5. The van der Waals surface area contributed by atoms with Gasteiger partial charge in [0.2, 0.25) is 5.76 Å². The summed E-state index contributed by atoms with van der Waals surface area (Å²) < 4.78 is 10.3. The van der Waals surface area contributed by atoms with Crippen molar-refractivity contribution in [1.29, 1.82) is 0 Å². The molecule has 0 saturated heterocycles. The zero-order valence-electron chi connectivity index (χ0n) is 10.9. The Morgan fingerprint density at radius 3 is 2.30 bits per heavy atom. The second-order valence-electron chi connectivity index (χ2n) is 3.97. The molecule has 0 atom stereocenters. The fourth-order valence-electron chi connectivity index (χ4n) is 1.56. The normalized spacial score (nSPS) is 11.0. The Morgan fingerprint density at radius 1 is 1.05 bits per heavy atom. The van der Waals surface area contributed by atoms with Crippen LogP contribution in [0.2, 0.25) is 5.02 Å². The van der Waals surface area contributed by atoms with E-state index in [4.69, 9.17) is 21.1 Å². The summed E-state index contributed by atoms with van der Waals surface area (Å²) in [6.45, 7) is 0. The predicted octanol–water partition coefficient (Wildman–Crippen LogP) is 3.93. The van der Waals surface area contributed by atoms with Crippen molar-refractivity contribution in [1.82, 2.24) is 0 Å². The van der Waals surface area contributed by atoms with Crippen LogP contribution in [0.3, 0.4) is 0 Å². The van der Waals surface area contributed by atoms with Crippen LogP contribution < -0.4 is 4.74 Å². The summed E-state index contributed by atoms with van der Waals surface area (Å²) in [6, 6.07) is 16.1. The Kier molecular flexibility index (Phi) is 4.80. The first kappa shape index (κ1) is 14.2. The van der Waals surface area contributed by atoms with Gasteiger partial charge in [-0.1, -0.05) is 41.9 Å². The van der Waals surface area contributed by atoms with Crippen molar-refractivity contribution in [3.63, 3.8) is 0 Å². The Bertz CT molecular complexity index is 603. The van der Waals surface area contributed by atoms with Gasteiger partial charge in [0.05, 0.1) is 7.11 Å². The van der Waals surface area contributed by atoms with Crippen LogP contribution in [0.15, 0.2) is 60.4 Å². The maximum atomic E-state index is 11.7. The zero-order chi connectivity index (χ0) is 14.4. The average molecular weight is 289 g/mol. The molecule has 20 heavy (non-hydrogen) atoms. The van der Waals surface area contributed by atoms with E-state index in [1.807, 2.05) is 18.2 Å². The van der Waals surface area contributed by atoms with Crippen LogP contribution in [-0.4, -0.2) is 13.1 Å². The van der Waals surface area contributed by atoms with Crippen LogP contribution in [-0.2, 0) is 9.53 Å². The molecule has 3 nitrogen and oxygen atoms in total. The lowest BCUT2D eigenvalue weighted by molar-refractivity contribution is -0.138. The lowest BCUT2D eigenvalue weighted by Gasteiger charge is -2.08. The fraction of sp³-hybridized carbons (Fsp3) is 0.0625. The molecule has 0 N–H and O–H groups in total. The van der Waals surface area contributed by atoms with Crippen molar-refractivity contribution in [2.45, 2.75) is 0 Å². The Balaban J connectivity index is 2.28. The predicted molar refractivity (Wildman–Crippen MR) is 78.5 cm³/mol. The van der Waals surface area contributed by atoms with E-state index in [9.17, 15) is 4.79 Å². The number of ether oxygens (including phenoxy) is 2. The third-order valence-corrected chi connectivity index (χ3v) is 2.78. The summed E-state index contributed by atoms with van der Waals surface area (Å²) in [5.74, 6) is 0.142. The number of rotatable bonds is 4. The monoisotopic (exact) mass is 288 g/mol. The van der Waals surface area contributed by atoms with E-state index < -0.39 is 5.97 Å². The number of carbonyl (C=O) groups is 1. The van der Waals surface area contributed by atoms with Gasteiger partial charge in [-0.05, 0) is 35.9 Å². The summed E-state index contributed by atoms with van der Waals surface area (Å²) >= 11 is 5.82. The molecule has 0 amide bonds. The van der Waals surface area contributed by atoms with E-state index >= 15 is 0 Å². The van der Waals surface area contributed by atoms with E-state index in [2.05, 4.69) is 0 Å². The van der Waals surface area contributed by atoms with Crippen LogP contribution in [0.4, 0.5) is 0 Å². The van der Waals surface area contributed by atoms with E-state index in [0.717, 1.165) is 5.56 Å². The Labute approximate surface area is 122 Å². The molecule has 2 aromatic rings. The van der Waals surface area contributed by atoms with Gasteiger partial charge in [0, 0.05) is 5.02 Å². The van der Waals surface area contributed by atoms with Gasteiger partial charge < -0.3 is 9.47 Å². The summed E-state index contributed by atoms with van der Waals surface area (Å²) in [6.07, 6.45) is 1.61. The topological polar surface area (TPSA) is 35.5 Å². The highest BCUT2D eigenvalue weighted by Crippen LogP contribution is 2.17. The lowest BCUT2D eigenvalue weighted by atomic mass is 10.2. The van der Waals surface area contributed by atoms with Crippen molar-refractivity contribution in [3.8, 4) is 5.75 Å². The molecule has 0 heterocycles. The minimum absolute atomic E-state index is 0.112. The molecule has 4 heteroatoms. The zero-order valence-corrected chi connectivity index (χ0v) is 11.6. The van der Waals surface area contributed by atoms with Crippen molar-refractivity contribution < 1.29 is 14.3 Å². The van der Waals surface area contributed by atoms with Crippen LogP contribution in [0.25, 0.3) is 6.08 Å². The first-order chi connectivity index (χ1) is 9.69. The van der Waals surface area contributed by atoms with Gasteiger partial charge in [-0.3, -0.25) is 0 Å². The number of hydrogen-bond acceptors (Lipinski definition) is 3. The minimum atomic E-state index is -0.538. The number of benzene rings is 2. The summed E-state index contributed by atoms with van der Waals surface area (Å²) in [5.41, 5.74) is 0.797. The molecule has 102 valence electrons. The smallest absolute Gasteiger partial charge is 0.373 e. The molecular weight excluding hydrogens is 276 g/mol. The second kappa shape index (κ2) is 6.78. The Morgan fingerprint density at radius 2 is 1.70 bits per heavy atom. The highest BCUT2D eigenvalue weighted by Gasteiger charge is 2.12. The number of hydrogen-bond donors (Lipinski definition) is 0. The number of esters is 1. The first-order valence-electron chi connectivity index (χ1n) is 5.97. The van der Waals surface area contributed by atoms with E-state index in [1.165, 1.54) is 7.11 Å². The second-order valence-corrected chi connectivity index (χ2v) is 4.40. The van der Waals surface area contributed by atoms with Gasteiger partial charge >= 0.3 is 5.97 Å². The van der Waals surface area contributed by atoms with Crippen molar-refractivity contribution in [2.24, 2.45) is 0 Å². The highest BCUT2D eigenvalue weighted by molar-refractivity contribution is 6.30. The third-order valence-electron chi connectivity index (χ3n) is 2.53. The number of carbonyl (C=O) groups excluding carboxylic acids is 1. The maximum Gasteiger partial charge on any atom is 0.373 e. The van der Waals surface area contributed by atoms with Gasteiger partial charge in [-0.15, -0.1) is 0 Å². The van der Waals surface area contributed by atoms with Gasteiger partial charge in [0.25, 0.3) is 0 Å². The van der Waals surface area contributed by atoms with E-state index in [1.54, 1.807) is 42.5 Å². The third kappa shape index (κ3) is 3.87. The Hall–Kier alpha value is -2.26. The molecule has 0 saturated carbocycles. The van der Waals surface area contributed by atoms with Crippen molar-refractivity contribution in [2.75, 3.05) is 7.11 Å². The van der Waals surface area contributed by atoms with Crippen LogP contribution in [0, 0.1) is 0 Å². The van der Waals surface area contributed by atoms with Gasteiger partial charge in [-0.25, -0.2) is 4.79 Å². The number of methoxy groups -OCH3 is 1. The molecule has 0 unspecified atom stereocenters. The molecule has 0 spiro atoms. The van der Waals surface area contributed by atoms with E-state index in [0.29, 0.717) is 10.8 Å². The van der Waals surface area contributed by atoms with Crippen molar-refractivity contribution in [3.05, 3.63) is 70.9 Å². The van der Waals surface area contributed by atoms with Crippen LogP contribution in [0.1, 0.15) is 5.56 Å². The lowest BCUT2D eigenvalue weighted by Crippen LogP contribution is -2.10. The molecule has 2 rings (SSSR count). The molecule has 0 aliphatic rings. The van der Waals surface area contributed by atoms with Gasteiger partial charge in [0.1, 0.15) is 5.75 Å². The molecule has 2 aromatic carbocycles. The molecule has 0 aromatic heterocycles. The molecule has 0 bridgehead atoms. The fourth-order valence-corrected chi connectivity index (χ4v) is 1.68.